The van der Waals surface area contributed by atoms with Gasteiger partial charge in [-0.1, -0.05) is 36.9 Å². The van der Waals surface area contributed by atoms with Crippen LogP contribution in [0.15, 0.2) is 66.1 Å². The van der Waals surface area contributed by atoms with Gasteiger partial charge in [0.25, 0.3) is 5.56 Å². The summed E-state index contributed by atoms with van der Waals surface area (Å²) in [6.45, 7) is 5.98. The molecule has 2 aromatic carbocycles. The van der Waals surface area contributed by atoms with Gasteiger partial charge in [0, 0.05) is 17.1 Å². The molecule has 0 amide bonds. The van der Waals surface area contributed by atoms with Gasteiger partial charge in [-0.3, -0.25) is 9.36 Å². The van der Waals surface area contributed by atoms with Gasteiger partial charge < -0.3 is 4.74 Å². The van der Waals surface area contributed by atoms with Crippen LogP contribution in [0.1, 0.15) is 12.5 Å². The highest BCUT2D eigenvalue weighted by atomic mass is 16.5. The molecule has 0 aliphatic carbocycles. The Balaban J connectivity index is 2.43. The van der Waals surface area contributed by atoms with Crippen LogP contribution in [0.3, 0.4) is 0 Å². The number of pyridine rings is 1. The summed E-state index contributed by atoms with van der Waals surface area (Å²) in [7, 11) is 1.60. The number of methoxy groups -OCH3 is 1. The van der Waals surface area contributed by atoms with Gasteiger partial charge in [-0.2, -0.15) is 0 Å². The minimum Gasteiger partial charge on any atom is -0.495 e. The van der Waals surface area contributed by atoms with Crippen molar-refractivity contribution >= 4 is 16.3 Å². The molecule has 110 valence electrons. The summed E-state index contributed by atoms with van der Waals surface area (Å²) in [6.07, 6.45) is 1.84. The zero-order valence-corrected chi connectivity index (χ0v) is 12.7. The number of para-hydroxylation sites is 2. The van der Waals surface area contributed by atoms with Crippen LogP contribution in [0.2, 0.25) is 0 Å². The van der Waals surface area contributed by atoms with Crippen molar-refractivity contribution < 1.29 is 4.74 Å². The molecule has 0 atom stereocenters. The lowest BCUT2D eigenvalue weighted by molar-refractivity contribution is 0.412. The molecule has 0 unspecified atom stereocenters. The quantitative estimate of drug-likeness (QED) is 0.729. The van der Waals surface area contributed by atoms with Crippen LogP contribution in [0.25, 0.3) is 22.0 Å². The molecule has 1 aromatic heterocycles. The first-order valence-electron chi connectivity index (χ1n) is 7.07. The van der Waals surface area contributed by atoms with E-state index in [4.69, 9.17) is 4.74 Å². The van der Waals surface area contributed by atoms with Gasteiger partial charge in [-0.05, 0) is 36.1 Å². The first kappa shape index (κ1) is 14.1. The van der Waals surface area contributed by atoms with Crippen LogP contribution in [0.4, 0.5) is 0 Å². The molecule has 1 heterocycles. The lowest BCUT2D eigenvalue weighted by Gasteiger charge is -2.14. The van der Waals surface area contributed by atoms with Crippen molar-refractivity contribution in [2.24, 2.45) is 0 Å². The predicted octanol–water partition coefficient (Wildman–Crippen LogP) is 4.03. The van der Waals surface area contributed by atoms with Gasteiger partial charge in [0.15, 0.2) is 0 Å². The third-order valence-electron chi connectivity index (χ3n) is 3.73. The molecule has 0 saturated heterocycles. The van der Waals surface area contributed by atoms with E-state index in [1.807, 2.05) is 61.7 Å². The van der Waals surface area contributed by atoms with Gasteiger partial charge in [0.2, 0.25) is 0 Å². The summed E-state index contributed by atoms with van der Waals surface area (Å²) < 4.78 is 7.02. The fraction of sp³-hybridized carbons (Fsp3) is 0.105. The summed E-state index contributed by atoms with van der Waals surface area (Å²) in [6, 6.07) is 15.1. The van der Waals surface area contributed by atoms with E-state index < -0.39 is 0 Å². The molecule has 3 heteroatoms. The number of benzene rings is 2. The van der Waals surface area contributed by atoms with Crippen molar-refractivity contribution in [3.05, 3.63) is 77.2 Å². The van der Waals surface area contributed by atoms with E-state index in [9.17, 15) is 4.79 Å². The molecule has 0 aliphatic rings. The van der Waals surface area contributed by atoms with Crippen LogP contribution in [-0.4, -0.2) is 11.7 Å². The molecule has 0 bridgehead atoms. The molecule has 0 fully saturated rings. The SMILES string of the molecule is C=C(C)c1cn(-c2ccccc2OC)c(=O)c2ccccc12. The molecule has 0 aliphatic heterocycles. The number of aromatic nitrogens is 1. The number of allylic oxidation sites excluding steroid dienone is 1. The lowest BCUT2D eigenvalue weighted by Crippen LogP contribution is -2.19. The standard InChI is InChI=1S/C19H17NO2/c1-13(2)16-12-20(17-10-6-7-11-18(17)22-3)19(21)15-9-5-4-8-14(15)16/h4-12H,1H2,2-3H3. The first-order chi connectivity index (χ1) is 10.6. The zero-order chi connectivity index (χ0) is 15.7. The summed E-state index contributed by atoms with van der Waals surface area (Å²) in [4.78, 5) is 12.8. The molecule has 0 radical (unpaired) electrons. The van der Waals surface area contributed by atoms with Gasteiger partial charge in [-0.25, -0.2) is 0 Å². The fourth-order valence-electron chi connectivity index (χ4n) is 2.64. The summed E-state index contributed by atoms with van der Waals surface area (Å²) in [5.74, 6) is 0.660. The molecule has 0 spiro atoms. The zero-order valence-electron chi connectivity index (χ0n) is 12.7. The maximum Gasteiger partial charge on any atom is 0.263 e. The summed E-state index contributed by atoms with van der Waals surface area (Å²) in [5.41, 5.74) is 2.54. The Morgan fingerprint density at radius 3 is 2.36 bits per heavy atom. The molecule has 3 nitrogen and oxygen atoms in total. The number of nitrogens with zero attached hydrogens (tertiary/aromatic N) is 1. The van der Waals surface area contributed by atoms with E-state index >= 15 is 0 Å². The second-order valence-electron chi connectivity index (χ2n) is 5.22. The second kappa shape index (κ2) is 5.53. The van der Waals surface area contributed by atoms with Crippen molar-refractivity contribution in [1.29, 1.82) is 0 Å². The summed E-state index contributed by atoms with van der Waals surface area (Å²) >= 11 is 0. The molecule has 3 aromatic rings. The highest BCUT2D eigenvalue weighted by Gasteiger charge is 2.12. The predicted molar refractivity (Wildman–Crippen MR) is 90.8 cm³/mol. The van der Waals surface area contributed by atoms with E-state index in [-0.39, 0.29) is 5.56 Å². The normalized spacial score (nSPS) is 10.6. The van der Waals surface area contributed by atoms with Crippen molar-refractivity contribution in [2.75, 3.05) is 7.11 Å². The van der Waals surface area contributed by atoms with Crippen molar-refractivity contribution in [2.45, 2.75) is 6.92 Å². The Bertz CT molecular complexity index is 922. The maximum atomic E-state index is 12.8. The van der Waals surface area contributed by atoms with Crippen LogP contribution in [0, 0.1) is 0 Å². The Hall–Kier alpha value is -2.81. The second-order valence-corrected chi connectivity index (χ2v) is 5.22. The minimum atomic E-state index is -0.0647. The molecular formula is C19H17NO2. The van der Waals surface area contributed by atoms with E-state index in [0.717, 1.165) is 22.2 Å². The third kappa shape index (κ3) is 2.21. The Morgan fingerprint density at radius 1 is 1.05 bits per heavy atom. The molecule has 3 rings (SSSR count). The fourth-order valence-corrected chi connectivity index (χ4v) is 2.64. The highest BCUT2D eigenvalue weighted by Crippen LogP contribution is 2.26. The van der Waals surface area contributed by atoms with Crippen molar-refractivity contribution in [1.82, 2.24) is 4.57 Å². The smallest absolute Gasteiger partial charge is 0.263 e. The molecule has 0 N–H and O–H groups in total. The van der Waals surface area contributed by atoms with Gasteiger partial charge in [-0.15, -0.1) is 0 Å². The number of hydrogen-bond acceptors (Lipinski definition) is 2. The average Bonchev–Trinajstić information content (AvgIpc) is 2.55. The largest absolute Gasteiger partial charge is 0.495 e. The summed E-state index contributed by atoms with van der Waals surface area (Å²) in [5, 5.41) is 1.60. The number of rotatable bonds is 3. The average molecular weight is 291 g/mol. The lowest BCUT2D eigenvalue weighted by atomic mass is 10.0. The van der Waals surface area contributed by atoms with Gasteiger partial charge in [0.1, 0.15) is 5.75 Å². The topological polar surface area (TPSA) is 31.2 Å². The molecule has 0 saturated carbocycles. The Kier molecular flexibility index (Phi) is 3.55. The monoisotopic (exact) mass is 291 g/mol. The van der Waals surface area contributed by atoms with Gasteiger partial charge >= 0.3 is 0 Å². The van der Waals surface area contributed by atoms with Gasteiger partial charge in [0.05, 0.1) is 12.8 Å². The maximum absolute atomic E-state index is 12.8. The minimum absolute atomic E-state index is 0.0647. The third-order valence-corrected chi connectivity index (χ3v) is 3.73. The van der Waals surface area contributed by atoms with Crippen LogP contribution in [0.5, 0.6) is 5.75 Å². The number of fused-ring (bicyclic) bond motifs is 1. The molecular weight excluding hydrogens is 274 g/mol. The Morgan fingerprint density at radius 2 is 1.68 bits per heavy atom. The molecule has 22 heavy (non-hydrogen) atoms. The van der Waals surface area contributed by atoms with E-state index in [0.29, 0.717) is 11.1 Å². The van der Waals surface area contributed by atoms with Crippen molar-refractivity contribution in [3.63, 3.8) is 0 Å². The van der Waals surface area contributed by atoms with Crippen LogP contribution >= 0.6 is 0 Å². The van der Waals surface area contributed by atoms with E-state index in [1.165, 1.54) is 0 Å². The number of hydrogen-bond donors (Lipinski definition) is 0. The van der Waals surface area contributed by atoms with Crippen LogP contribution in [-0.2, 0) is 0 Å². The number of ether oxygens (including phenoxy) is 1. The van der Waals surface area contributed by atoms with Crippen LogP contribution < -0.4 is 10.3 Å². The van der Waals surface area contributed by atoms with Crippen molar-refractivity contribution in [3.8, 4) is 11.4 Å². The highest BCUT2D eigenvalue weighted by molar-refractivity contribution is 5.92. The Labute approximate surface area is 129 Å². The first-order valence-corrected chi connectivity index (χ1v) is 7.07. The van der Waals surface area contributed by atoms with E-state index in [2.05, 4.69) is 6.58 Å². The van der Waals surface area contributed by atoms with E-state index in [1.54, 1.807) is 11.7 Å².